The molecule has 2 bridgehead atoms. The van der Waals surface area contributed by atoms with Gasteiger partial charge in [-0.1, -0.05) is 13.8 Å². The molecule has 116 valence electrons. The molecule has 0 aliphatic carbocycles. The molecular formula is C16H30N2O2. The Balaban J connectivity index is 2.12. The van der Waals surface area contributed by atoms with E-state index in [9.17, 15) is 4.79 Å². The number of carbonyl (C=O) groups is 1. The fourth-order valence-electron chi connectivity index (χ4n) is 3.66. The van der Waals surface area contributed by atoms with Gasteiger partial charge in [0.1, 0.15) is 5.60 Å². The number of rotatable bonds is 6. The van der Waals surface area contributed by atoms with Gasteiger partial charge in [0.2, 0.25) is 0 Å². The largest absolute Gasteiger partial charge is 0.369 e. The summed E-state index contributed by atoms with van der Waals surface area (Å²) in [7, 11) is 1.65. The number of piperidine rings is 1. The first-order chi connectivity index (χ1) is 9.54. The summed E-state index contributed by atoms with van der Waals surface area (Å²) in [4.78, 5) is 15.0. The van der Waals surface area contributed by atoms with Crippen LogP contribution in [0.4, 0.5) is 0 Å². The molecule has 0 spiro atoms. The van der Waals surface area contributed by atoms with Crippen molar-refractivity contribution >= 4 is 5.91 Å². The van der Waals surface area contributed by atoms with Gasteiger partial charge in [0.25, 0.3) is 5.91 Å². The molecule has 3 atom stereocenters. The lowest BCUT2D eigenvalue weighted by atomic mass is 9.94. The molecule has 1 N–H and O–H groups in total. The molecule has 0 aromatic heterocycles. The molecule has 0 aromatic carbocycles. The third-order valence-electron chi connectivity index (χ3n) is 5.19. The third kappa shape index (κ3) is 3.01. The first-order valence-corrected chi connectivity index (χ1v) is 8.16. The summed E-state index contributed by atoms with van der Waals surface area (Å²) in [6.07, 6.45) is 6.47. The zero-order chi connectivity index (χ0) is 14.8. The van der Waals surface area contributed by atoms with Crippen molar-refractivity contribution in [3.8, 4) is 0 Å². The molecule has 2 aliphatic heterocycles. The lowest BCUT2D eigenvalue weighted by molar-refractivity contribution is -0.156. The van der Waals surface area contributed by atoms with E-state index < -0.39 is 5.60 Å². The summed E-state index contributed by atoms with van der Waals surface area (Å²) in [5.41, 5.74) is -0.668. The highest BCUT2D eigenvalue weighted by molar-refractivity contribution is 5.85. The van der Waals surface area contributed by atoms with Crippen LogP contribution in [0.2, 0.25) is 0 Å². The number of amides is 1. The van der Waals surface area contributed by atoms with E-state index >= 15 is 0 Å². The van der Waals surface area contributed by atoms with Crippen LogP contribution in [0, 0.1) is 0 Å². The molecule has 4 nitrogen and oxygen atoms in total. The normalized spacial score (nSPS) is 31.9. The van der Waals surface area contributed by atoms with Crippen LogP contribution in [0.15, 0.2) is 0 Å². The maximum absolute atomic E-state index is 12.9. The van der Waals surface area contributed by atoms with E-state index in [1.54, 1.807) is 7.11 Å². The Bertz CT molecular complexity index is 329. The minimum Gasteiger partial charge on any atom is -0.369 e. The van der Waals surface area contributed by atoms with Crippen LogP contribution in [0.5, 0.6) is 0 Å². The van der Waals surface area contributed by atoms with Gasteiger partial charge in [-0.25, -0.2) is 0 Å². The zero-order valence-corrected chi connectivity index (χ0v) is 13.4. The van der Waals surface area contributed by atoms with Crippen LogP contribution in [0.25, 0.3) is 0 Å². The van der Waals surface area contributed by atoms with E-state index in [0.717, 1.165) is 32.2 Å². The van der Waals surface area contributed by atoms with Gasteiger partial charge >= 0.3 is 0 Å². The summed E-state index contributed by atoms with van der Waals surface area (Å²) in [6.45, 7) is 6.94. The number of nitrogens with zero attached hydrogens (tertiary/aromatic N) is 1. The number of hydrogen-bond donors (Lipinski definition) is 1. The van der Waals surface area contributed by atoms with Gasteiger partial charge < -0.3 is 15.0 Å². The predicted molar refractivity (Wildman–Crippen MR) is 80.7 cm³/mol. The molecule has 2 aliphatic rings. The van der Waals surface area contributed by atoms with E-state index in [4.69, 9.17) is 4.74 Å². The molecule has 3 unspecified atom stereocenters. The average Bonchev–Trinajstić information content (AvgIpc) is 2.81. The highest BCUT2D eigenvalue weighted by Gasteiger charge is 2.42. The Morgan fingerprint density at radius 1 is 1.30 bits per heavy atom. The Kier molecular flexibility index (Phi) is 5.08. The van der Waals surface area contributed by atoms with Gasteiger partial charge in [-0.3, -0.25) is 4.79 Å². The van der Waals surface area contributed by atoms with Gasteiger partial charge in [-0.2, -0.15) is 0 Å². The number of carbonyl (C=O) groups excluding carboxylic acids is 1. The van der Waals surface area contributed by atoms with Gasteiger partial charge in [0.15, 0.2) is 0 Å². The van der Waals surface area contributed by atoms with Crippen molar-refractivity contribution in [2.24, 2.45) is 0 Å². The van der Waals surface area contributed by atoms with Crippen LogP contribution >= 0.6 is 0 Å². The Hall–Kier alpha value is -0.610. The van der Waals surface area contributed by atoms with Crippen molar-refractivity contribution in [2.45, 2.75) is 83.0 Å². The minimum absolute atomic E-state index is 0.177. The summed E-state index contributed by atoms with van der Waals surface area (Å²) in [5.74, 6) is 0.177. The molecule has 0 radical (unpaired) electrons. The van der Waals surface area contributed by atoms with E-state index in [2.05, 4.69) is 17.1 Å². The standard InChI is InChI=1S/C16H30N2O2/c1-5-9-18(15(19)16(3,6-2)20-4)14-10-12-7-8-13(11-14)17-12/h12-14,17H,5-11H2,1-4H3. The molecule has 2 rings (SSSR count). The molecular weight excluding hydrogens is 252 g/mol. The average molecular weight is 282 g/mol. The minimum atomic E-state index is -0.668. The second kappa shape index (κ2) is 6.44. The monoisotopic (exact) mass is 282 g/mol. The fourth-order valence-corrected chi connectivity index (χ4v) is 3.66. The second-order valence-electron chi connectivity index (χ2n) is 6.55. The van der Waals surface area contributed by atoms with Crippen LogP contribution in [0.1, 0.15) is 59.3 Å². The van der Waals surface area contributed by atoms with Crippen molar-refractivity contribution in [3.05, 3.63) is 0 Å². The van der Waals surface area contributed by atoms with Crippen LogP contribution in [-0.4, -0.2) is 48.2 Å². The van der Waals surface area contributed by atoms with Crippen molar-refractivity contribution in [1.82, 2.24) is 10.2 Å². The first kappa shape index (κ1) is 15.8. The summed E-state index contributed by atoms with van der Waals surface area (Å²) < 4.78 is 5.53. The van der Waals surface area contributed by atoms with Crippen molar-refractivity contribution < 1.29 is 9.53 Å². The molecule has 2 saturated heterocycles. The van der Waals surface area contributed by atoms with Crippen LogP contribution in [0.3, 0.4) is 0 Å². The molecule has 1 amide bonds. The summed E-state index contributed by atoms with van der Waals surface area (Å²) >= 11 is 0. The van der Waals surface area contributed by atoms with Crippen molar-refractivity contribution in [2.75, 3.05) is 13.7 Å². The maximum atomic E-state index is 12.9. The predicted octanol–water partition coefficient (Wildman–Crippen LogP) is 2.32. The Morgan fingerprint density at radius 2 is 1.90 bits per heavy atom. The molecule has 2 fully saturated rings. The Labute approximate surface area is 123 Å². The molecule has 0 aromatic rings. The highest BCUT2D eigenvalue weighted by atomic mass is 16.5. The van der Waals surface area contributed by atoms with Crippen LogP contribution in [-0.2, 0) is 9.53 Å². The quantitative estimate of drug-likeness (QED) is 0.813. The molecule has 2 heterocycles. The van der Waals surface area contributed by atoms with E-state index in [1.165, 1.54) is 12.8 Å². The highest BCUT2D eigenvalue weighted by Crippen LogP contribution is 2.31. The first-order valence-electron chi connectivity index (χ1n) is 8.16. The number of hydrogen-bond acceptors (Lipinski definition) is 3. The van der Waals surface area contributed by atoms with Gasteiger partial charge in [-0.05, 0) is 45.4 Å². The van der Waals surface area contributed by atoms with Gasteiger partial charge in [0, 0.05) is 31.8 Å². The zero-order valence-electron chi connectivity index (χ0n) is 13.4. The SMILES string of the molecule is CCCN(C(=O)C(C)(CC)OC)C1CC2CCC(C1)N2. The van der Waals surface area contributed by atoms with Crippen molar-refractivity contribution in [3.63, 3.8) is 0 Å². The summed E-state index contributed by atoms with van der Waals surface area (Å²) in [5, 5.41) is 3.65. The summed E-state index contributed by atoms with van der Waals surface area (Å²) in [6, 6.07) is 1.62. The Morgan fingerprint density at radius 3 is 2.35 bits per heavy atom. The maximum Gasteiger partial charge on any atom is 0.254 e. The molecule has 20 heavy (non-hydrogen) atoms. The second-order valence-corrected chi connectivity index (χ2v) is 6.55. The fraction of sp³-hybridized carbons (Fsp3) is 0.938. The lowest BCUT2D eigenvalue weighted by Gasteiger charge is -2.41. The van der Waals surface area contributed by atoms with Crippen molar-refractivity contribution in [1.29, 1.82) is 0 Å². The number of ether oxygens (including phenoxy) is 1. The van der Waals surface area contributed by atoms with Gasteiger partial charge in [0.05, 0.1) is 0 Å². The number of nitrogens with one attached hydrogen (secondary N) is 1. The van der Waals surface area contributed by atoms with Gasteiger partial charge in [-0.15, -0.1) is 0 Å². The lowest BCUT2D eigenvalue weighted by Crippen LogP contribution is -2.56. The topological polar surface area (TPSA) is 41.6 Å². The van der Waals surface area contributed by atoms with E-state index in [0.29, 0.717) is 18.1 Å². The number of methoxy groups -OCH3 is 1. The smallest absolute Gasteiger partial charge is 0.254 e. The van der Waals surface area contributed by atoms with E-state index in [1.807, 2.05) is 13.8 Å². The van der Waals surface area contributed by atoms with E-state index in [-0.39, 0.29) is 5.91 Å². The number of fused-ring (bicyclic) bond motifs is 2. The third-order valence-corrected chi connectivity index (χ3v) is 5.19. The van der Waals surface area contributed by atoms with Crippen LogP contribution < -0.4 is 5.32 Å². The molecule has 4 heteroatoms. The molecule has 0 saturated carbocycles.